The molecule has 166 valence electrons. The maximum atomic E-state index is 12.7. The van der Waals surface area contributed by atoms with Crippen molar-refractivity contribution in [3.63, 3.8) is 0 Å². The van der Waals surface area contributed by atoms with Crippen LogP contribution in [0, 0.1) is 6.92 Å². The number of carbonyl (C=O) groups is 2. The molecule has 1 fully saturated rings. The molecule has 0 atom stereocenters. The SMILES string of the molecule is Cc1c(B(O)O)cc(N2CCN(C(=O)OC(C)(C)C)CC2)cc1C(=O)OC(C)(C)C. The molecule has 0 aromatic heterocycles. The fourth-order valence-electron chi connectivity index (χ4n) is 3.19. The van der Waals surface area contributed by atoms with Gasteiger partial charge in [0.2, 0.25) is 0 Å². The minimum atomic E-state index is -1.71. The summed E-state index contributed by atoms with van der Waals surface area (Å²) in [7, 11) is -1.71. The van der Waals surface area contributed by atoms with Gasteiger partial charge in [0.25, 0.3) is 0 Å². The Bertz CT molecular complexity index is 790. The van der Waals surface area contributed by atoms with E-state index in [1.807, 2.05) is 25.7 Å². The Kier molecular flexibility index (Phi) is 7.09. The van der Waals surface area contributed by atoms with E-state index in [0.717, 1.165) is 0 Å². The molecule has 0 unspecified atom stereocenters. The molecule has 1 heterocycles. The van der Waals surface area contributed by atoms with Crippen molar-refractivity contribution < 1.29 is 29.1 Å². The number of anilines is 1. The van der Waals surface area contributed by atoms with Gasteiger partial charge in [0.05, 0.1) is 5.56 Å². The Balaban J connectivity index is 2.24. The van der Waals surface area contributed by atoms with Gasteiger partial charge in [-0.15, -0.1) is 0 Å². The number of hydrogen-bond donors (Lipinski definition) is 2. The zero-order chi connectivity index (χ0) is 22.9. The van der Waals surface area contributed by atoms with Crippen LogP contribution in [0.4, 0.5) is 10.5 Å². The molecule has 2 rings (SSSR count). The largest absolute Gasteiger partial charge is 0.488 e. The van der Waals surface area contributed by atoms with E-state index < -0.39 is 24.3 Å². The molecule has 1 aromatic rings. The number of esters is 1. The fraction of sp³-hybridized carbons (Fsp3) is 0.619. The molecule has 0 radical (unpaired) electrons. The summed E-state index contributed by atoms with van der Waals surface area (Å²) in [6, 6.07) is 3.37. The van der Waals surface area contributed by atoms with Gasteiger partial charge < -0.3 is 29.3 Å². The van der Waals surface area contributed by atoms with E-state index in [1.54, 1.807) is 44.7 Å². The molecular formula is C21H33BN2O6. The Morgan fingerprint density at radius 3 is 1.93 bits per heavy atom. The van der Waals surface area contributed by atoms with E-state index in [2.05, 4.69) is 0 Å². The lowest BCUT2D eigenvalue weighted by atomic mass is 9.75. The maximum absolute atomic E-state index is 12.7. The highest BCUT2D eigenvalue weighted by Gasteiger charge is 2.29. The second-order valence-corrected chi connectivity index (χ2v) is 9.54. The summed E-state index contributed by atoms with van der Waals surface area (Å²) >= 11 is 0. The smallest absolute Gasteiger partial charge is 0.456 e. The monoisotopic (exact) mass is 420 g/mol. The van der Waals surface area contributed by atoms with Gasteiger partial charge >= 0.3 is 19.2 Å². The molecule has 1 amide bonds. The third kappa shape index (κ3) is 6.37. The summed E-state index contributed by atoms with van der Waals surface area (Å²) in [5.74, 6) is -0.517. The van der Waals surface area contributed by atoms with Crippen molar-refractivity contribution in [2.45, 2.75) is 59.7 Å². The highest BCUT2D eigenvalue weighted by atomic mass is 16.6. The van der Waals surface area contributed by atoms with Gasteiger partial charge in [-0.05, 0) is 71.6 Å². The van der Waals surface area contributed by atoms with Crippen LogP contribution < -0.4 is 10.4 Å². The number of hydrogen-bond acceptors (Lipinski definition) is 7. The van der Waals surface area contributed by atoms with Crippen LogP contribution in [-0.4, -0.2) is 71.5 Å². The third-order valence-electron chi connectivity index (χ3n) is 4.63. The molecule has 1 saturated heterocycles. The predicted octanol–water partition coefficient (Wildman–Crippen LogP) is 1.69. The molecule has 1 aromatic carbocycles. The first-order chi connectivity index (χ1) is 13.7. The molecule has 1 aliphatic rings. The molecule has 0 saturated carbocycles. The van der Waals surface area contributed by atoms with Crippen molar-refractivity contribution in [3.05, 3.63) is 23.3 Å². The van der Waals surface area contributed by atoms with E-state index in [1.165, 1.54) is 0 Å². The van der Waals surface area contributed by atoms with E-state index >= 15 is 0 Å². The van der Waals surface area contributed by atoms with Crippen LogP contribution in [0.5, 0.6) is 0 Å². The van der Waals surface area contributed by atoms with Crippen LogP contribution in [0.3, 0.4) is 0 Å². The minimum absolute atomic E-state index is 0.253. The lowest BCUT2D eigenvalue weighted by molar-refractivity contribution is 0.00683. The second-order valence-electron chi connectivity index (χ2n) is 9.54. The number of piperazine rings is 1. The van der Waals surface area contributed by atoms with Gasteiger partial charge in [0.1, 0.15) is 11.2 Å². The Hall–Kier alpha value is -2.26. The number of nitrogens with zero attached hydrogens (tertiary/aromatic N) is 2. The first-order valence-electron chi connectivity index (χ1n) is 10.1. The van der Waals surface area contributed by atoms with Crippen molar-refractivity contribution in [2.24, 2.45) is 0 Å². The number of ether oxygens (including phenoxy) is 2. The first-order valence-corrected chi connectivity index (χ1v) is 10.1. The van der Waals surface area contributed by atoms with Crippen molar-refractivity contribution in [1.82, 2.24) is 4.90 Å². The van der Waals surface area contributed by atoms with Gasteiger partial charge in [0.15, 0.2) is 0 Å². The molecule has 9 heteroatoms. The number of amides is 1. The van der Waals surface area contributed by atoms with Crippen LogP contribution >= 0.6 is 0 Å². The van der Waals surface area contributed by atoms with E-state index in [4.69, 9.17) is 9.47 Å². The van der Waals surface area contributed by atoms with Crippen molar-refractivity contribution in [1.29, 1.82) is 0 Å². The fourth-order valence-corrected chi connectivity index (χ4v) is 3.19. The topological polar surface area (TPSA) is 99.5 Å². The van der Waals surface area contributed by atoms with Gasteiger partial charge in [-0.1, -0.05) is 0 Å². The van der Waals surface area contributed by atoms with Crippen molar-refractivity contribution in [2.75, 3.05) is 31.1 Å². The average Bonchev–Trinajstić information content (AvgIpc) is 2.58. The Morgan fingerprint density at radius 1 is 0.933 bits per heavy atom. The molecular weight excluding hydrogens is 387 g/mol. The standard InChI is InChI=1S/C21H33BN2O6/c1-14-16(18(25)29-20(2,3)4)12-15(13-17(14)22(27)28)23-8-10-24(11-9-23)19(26)30-21(5,6)7/h12-13,27-28H,8-11H2,1-7H3. The molecule has 0 bridgehead atoms. The lowest BCUT2D eigenvalue weighted by Crippen LogP contribution is -2.50. The molecule has 1 aliphatic heterocycles. The molecule has 2 N–H and O–H groups in total. The zero-order valence-corrected chi connectivity index (χ0v) is 19.0. The summed E-state index contributed by atoms with van der Waals surface area (Å²) in [5, 5.41) is 19.6. The zero-order valence-electron chi connectivity index (χ0n) is 19.0. The van der Waals surface area contributed by atoms with Crippen LogP contribution in [0.25, 0.3) is 0 Å². The molecule has 30 heavy (non-hydrogen) atoms. The number of carbonyl (C=O) groups excluding carboxylic acids is 2. The summed E-state index contributed by atoms with van der Waals surface area (Å²) in [5.41, 5.74) is 0.461. The molecule has 8 nitrogen and oxygen atoms in total. The maximum Gasteiger partial charge on any atom is 0.488 e. The Morgan fingerprint density at radius 2 is 1.47 bits per heavy atom. The predicted molar refractivity (Wildman–Crippen MR) is 116 cm³/mol. The van der Waals surface area contributed by atoms with E-state index in [9.17, 15) is 19.6 Å². The van der Waals surface area contributed by atoms with Gasteiger partial charge in [-0.25, -0.2) is 9.59 Å². The summed E-state index contributed by atoms with van der Waals surface area (Å²) < 4.78 is 10.9. The average molecular weight is 420 g/mol. The normalized spacial score (nSPS) is 15.1. The molecule has 0 spiro atoms. The minimum Gasteiger partial charge on any atom is -0.456 e. The third-order valence-corrected chi connectivity index (χ3v) is 4.63. The highest BCUT2D eigenvalue weighted by molar-refractivity contribution is 6.59. The van der Waals surface area contributed by atoms with Gasteiger partial charge in [0, 0.05) is 31.9 Å². The number of benzene rings is 1. The number of rotatable bonds is 3. The van der Waals surface area contributed by atoms with E-state index in [-0.39, 0.29) is 11.6 Å². The summed E-state index contributed by atoms with van der Waals surface area (Å²) in [6.45, 7) is 14.5. The first kappa shape index (κ1) is 24.0. The lowest BCUT2D eigenvalue weighted by Gasteiger charge is -2.37. The summed E-state index contributed by atoms with van der Waals surface area (Å²) in [4.78, 5) is 28.6. The second kappa shape index (κ2) is 8.85. The molecule has 0 aliphatic carbocycles. The van der Waals surface area contributed by atoms with Crippen LogP contribution in [0.15, 0.2) is 12.1 Å². The highest BCUT2D eigenvalue weighted by Crippen LogP contribution is 2.23. The van der Waals surface area contributed by atoms with Crippen LogP contribution in [-0.2, 0) is 9.47 Å². The Labute approximate surface area is 178 Å². The quantitative estimate of drug-likeness (QED) is 0.567. The van der Waals surface area contributed by atoms with Gasteiger partial charge in [-0.3, -0.25) is 0 Å². The van der Waals surface area contributed by atoms with Crippen molar-refractivity contribution >= 4 is 30.3 Å². The van der Waals surface area contributed by atoms with E-state index in [0.29, 0.717) is 43.0 Å². The van der Waals surface area contributed by atoms with Crippen LogP contribution in [0.1, 0.15) is 57.5 Å². The van der Waals surface area contributed by atoms with Crippen LogP contribution in [0.2, 0.25) is 0 Å². The van der Waals surface area contributed by atoms with Crippen molar-refractivity contribution in [3.8, 4) is 0 Å². The van der Waals surface area contributed by atoms with Gasteiger partial charge in [-0.2, -0.15) is 0 Å². The summed E-state index contributed by atoms with van der Waals surface area (Å²) in [6.07, 6.45) is -0.355.